The molecule has 2 amide bonds. The quantitative estimate of drug-likeness (QED) is 0.921. The van der Waals surface area contributed by atoms with E-state index >= 15 is 0 Å². The molecule has 1 aromatic carbocycles. The predicted molar refractivity (Wildman–Crippen MR) is 91.1 cm³/mol. The van der Waals surface area contributed by atoms with E-state index in [9.17, 15) is 9.59 Å². The van der Waals surface area contributed by atoms with E-state index in [0.717, 1.165) is 17.3 Å². The summed E-state index contributed by atoms with van der Waals surface area (Å²) in [5.41, 5.74) is 1.46. The Labute approximate surface area is 138 Å². The van der Waals surface area contributed by atoms with Gasteiger partial charge in [-0.15, -0.1) is 11.8 Å². The molecule has 2 fully saturated rings. The Bertz CT molecular complexity index is 804. The summed E-state index contributed by atoms with van der Waals surface area (Å²) in [4.78, 5) is 30.8. The van der Waals surface area contributed by atoms with Crippen LogP contribution in [-0.2, 0) is 9.59 Å². The highest BCUT2D eigenvalue weighted by Crippen LogP contribution is 2.47. The Balaban J connectivity index is 1.62. The molecule has 5 nitrogen and oxygen atoms in total. The zero-order chi connectivity index (χ0) is 16.0. The number of fused-ring (bicyclic) bond motifs is 2. The average Bonchev–Trinajstić information content (AvgIpc) is 3.04. The van der Waals surface area contributed by atoms with E-state index in [-0.39, 0.29) is 16.7 Å². The molecule has 2 aromatic rings. The molecule has 2 aliphatic heterocycles. The van der Waals surface area contributed by atoms with Gasteiger partial charge >= 0.3 is 0 Å². The summed E-state index contributed by atoms with van der Waals surface area (Å²) in [7, 11) is 0. The molecule has 6 heteroatoms. The average molecular weight is 327 g/mol. The Morgan fingerprint density at radius 3 is 3.09 bits per heavy atom. The third-order valence-electron chi connectivity index (χ3n) is 4.64. The van der Waals surface area contributed by atoms with Gasteiger partial charge in [0, 0.05) is 23.8 Å². The van der Waals surface area contributed by atoms with E-state index in [0.29, 0.717) is 17.9 Å². The van der Waals surface area contributed by atoms with Gasteiger partial charge in [0.25, 0.3) is 0 Å². The lowest BCUT2D eigenvalue weighted by molar-refractivity contribution is -0.135. The normalized spacial score (nSPS) is 26.6. The molecule has 1 aromatic heterocycles. The van der Waals surface area contributed by atoms with Crippen molar-refractivity contribution in [3.05, 3.63) is 36.5 Å². The summed E-state index contributed by atoms with van der Waals surface area (Å²) in [6.07, 6.45) is 3.06. The molecule has 4 rings (SSSR count). The standard InChI is InChI=1S/C17H17N3O2S/c1-17-8-7-14(21)20(17)13(10-23-17)16(22)19-12-6-2-4-11-5-3-9-18-15(11)12/h2-6,9,13H,7-8,10H2,1H3,(H,19,22)/t13-,17+/m0/s1. The van der Waals surface area contributed by atoms with E-state index < -0.39 is 6.04 Å². The Hall–Kier alpha value is -2.08. The third-order valence-corrected chi connectivity index (χ3v) is 6.14. The number of hydrogen-bond acceptors (Lipinski definition) is 4. The van der Waals surface area contributed by atoms with Crippen LogP contribution in [0.1, 0.15) is 19.8 Å². The van der Waals surface area contributed by atoms with E-state index in [1.807, 2.05) is 30.3 Å². The van der Waals surface area contributed by atoms with Gasteiger partial charge in [-0.05, 0) is 25.5 Å². The highest BCUT2D eigenvalue weighted by molar-refractivity contribution is 8.01. The van der Waals surface area contributed by atoms with Gasteiger partial charge < -0.3 is 10.2 Å². The minimum atomic E-state index is -0.404. The largest absolute Gasteiger partial charge is 0.322 e. The number of hydrogen-bond donors (Lipinski definition) is 1. The van der Waals surface area contributed by atoms with Crippen LogP contribution < -0.4 is 5.32 Å². The van der Waals surface area contributed by atoms with Gasteiger partial charge in [0.05, 0.1) is 16.1 Å². The Morgan fingerprint density at radius 2 is 2.22 bits per heavy atom. The zero-order valence-corrected chi connectivity index (χ0v) is 13.6. The second-order valence-electron chi connectivity index (χ2n) is 6.14. The van der Waals surface area contributed by atoms with Gasteiger partial charge in [-0.25, -0.2) is 0 Å². The van der Waals surface area contributed by atoms with Crippen LogP contribution in [0.2, 0.25) is 0 Å². The van der Waals surface area contributed by atoms with Crippen molar-refractivity contribution in [1.82, 2.24) is 9.88 Å². The number of pyridine rings is 1. The number of thioether (sulfide) groups is 1. The highest BCUT2D eigenvalue weighted by atomic mass is 32.2. The molecular weight excluding hydrogens is 310 g/mol. The predicted octanol–water partition coefficient (Wildman–Crippen LogP) is 2.63. The Kier molecular flexibility index (Phi) is 3.30. The van der Waals surface area contributed by atoms with Crippen molar-refractivity contribution < 1.29 is 9.59 Å². The van der Waals surface area contributed by atoms with Crippen LogP contribution in [-0.4, -0.2) is 38.4 Å². The highest BCUT2D eigenvalue weighted by Gasteiger charge is 2.52. The van der Waals surface area contributed by atoms with Crippen molar-refractivity contribution in [3.63, 3.8) is 0 Å². The minimum Gasteiger partial charge on any atom is -0.322 e. The van der Waals surface area contributed by atoms with Crippen molar-refractivity contribution in [2.24, 2.45) is 0 Å². The van der Waals surface area contributed by atoms with Crippen molar-refractivity contribution in [3.8, 4) is 0 Å². The number of rotatable bonds is 2. The first-order valence-corrected chi connectivity index (χ1v) is 8.68. The fraction of sp³-hybridized carbons (Fsp3) is 0.353. The van der Waals surface area contributed by atoms with E-state index in [1.54, 1.807) is 22.9 Å². The maximum Gasteiger partial charge on any atom is 0.248 e. The molecule has 2 saturated heterocycles. The lowest BCUT2D eigenvalue weighted by Gasteiger charge is -2.29. The number of carbonyl (C=O) groups is 2. The van der Waals surface area contributed by atoms with Gasteiger partial charge in [0.2, 0.25) is 11.8 Å². The number of anilines is 1. The number of para-hydroxylation sites is 1. The van der Waals surface area contributed by atoms with Crippen LogP contribution in [0.5, 0.6) is 0 Å². The van der Waals surface area contributed by atoms with Crippen LogP contribution in [0.3, 0.4) is 0 Å². The molecule has 2 aliphatic rings. The molecule has 0 spiro atoms. The molecule has 0 bridgehead atoms. The van der Waals surface area contributed by atoms with Crippen LogP contribution in [0.25, 0.3) is 10.9 Å². The smallest absolute Gasteiger partial charge is 0.248 e. The SMILES string of the molecule is C[C@@]12CCC(=O)N1[C@H](C(=O)Nc1cccc3cccnc13)CS2. The molecule has 3 heterocycles. The summed E-state index contributed by atoms with van der Waals surface area (Å²) in [6, 6.07) is 9.14. The fourth-order valence-corrected chi connectivity index (χ4v) is 4.87. The van der Waals surface area contributed by atoms with Gasteiger partial charge in [0.15, 0.2) is 0 Å². The van der Waals surface area contributed by atoms with Crippen LogP contribution in [0.15, 0.2) is 36.5 Å². The second-order valence-corrected chi connectivity index (χ2v) is 7.64. The first-order valence-electron chi connectivity index (χ1n) is 7.69. The molecule has 118 valence electrons. The maximum absolute atomic E-state index is 12.7. The molecule has 1 N–H and O–H groups in total. The lowest BCUT2D eigenvalue weighted by Crippen LogP contribution is -2.48. The number of aromatic nitrogens is 1. The van der Waals surface area contributed by atoms with Crippen molar-refractivity contribution in [2.75, 3.05) is 11.1 Å². The number of carbonyl (C=O) groups excluding carboxylic acids is 2. The molecular formula is C17H17N3O2S. The van der Waals surface area contributed by atoms with Gasteiger partial charge in [0.1, 0.15) is 6.04 Å². The monoisotopic (exact) mass is 327 g/mol. The number of nitrogens with one attached hydrogen (secondary N) is 1. The topological polar surface area (TPSA) is 62.3 Å². The van der Waals surface area contributed by atoms with E-state index in [4.69, 9.17) is 0 Å². The minimum absolute atomic E-state index is 0.0775. The third kappa shape index (κ3) is 2.28. The molecule has 2 atom stereocenters. The molecule has 0 saturated carbocycles. The fourth-order valence-electron chi connectivity index (χ4n) is 3.44. The van der Waals surface area contributed by atoms with Crippen molar-refractivity contribution >= 4 is 40.2 Å². The summed E-state index contributed by atoms with van der Waals surface area (Å²) in [6.45, 7) is 2.05. The van der Waals surface area contributed by atoms with Crippen molar-refractivity contribution in [1.29, 1.82) is 0 Å². The van der Waals surface area contributed by atoms with Gasteiger partial charge in [-0.3, -0.25) is 14.6 Å². The zero-order valence-electron chi connectivity index (χ0n) is 12.8. The lowest BCUT2D eigenvalue weighted by atomic mass is 10.1. The number of benzene rings is 1. The molecule has 0 radical (unpaired) electrons. The summed E-state index contributed by atoms with van der Waals surface area (Å²) < 4.78 is 0. The summed E-state index contributed by atoms with van der Waals surface area (Å²) in [5.74, 6) is 0.593. The maximum atomic E-state index is 12.7. The van der Waals surface area contributed by atoms with Crippen LogP contribution in [0, 0.1) is 0 Å². The number of nitrogens with zero attached hydrogens (tertiary/aromatic N) is 2. The number of amides is 2. The second kappa shape index (κ2) is 5.23. The first-order chi connectivity index (χ1) is 11.1. The van der Waals surface area contributed by atoms with Gasteiger partial charge in [-0.2, -0.15) is 0 Å². The summed E-state index contributed by atoms with van der Waals surface area (Å²) >= 11 is 1.70. The first kappa shape index (κ1) is 14.5. The molecule has 0 aliphatic carbocycles. The Morgan fingerprint density at radius 1 is 1.39 bits per heavy atom. The van der Waals surface area contributed by atoms with Crippen molar-refractivity contribution in [2.45, 2.75) is 30.7 Å². The molecule has 23 heavy (non-hydrogen) atoms. The van der Waals surface area contributed by atoms with E-state index in [1.165, 1.54) is 0 Å². The van der Waals surface area contributed by atoms with Crippen LogP contribution in [0.4, 0.5) is 5.69 Å². The molecule has 0 unspecified atom stereocenters. The van der Waals surface area contributed by atoms with Gasteiger partial charge in [-0.1, -0.05) is 18.2 Å². The van der Waals surface area contributed by atoms with E-state index in [2.05, 4.69) is 17.2 Å². The van der Waals surface area contributed by atoms with Crippen LogP contribution >= 0.6 is 11.8 Å². The summed E-state index contributed by atoms with van der Waals surface area (Å²) in [5, 5.41) is 3.95.